The maximum Gasteiger partial charge on any atom is 0.237 e. The number of aromatic nitrogens is 2. The summed E-state index contributed by atoms with van der Waals surface area (Å²) in [5, 5.41) is 3.15. The normalized spacial score (nSPS) is 10.3. The van der Waals surface area contributed by atoms with Crippen LogP contribution in [0.5, 0.6) is 11.6 Å². The van der Waals surface area contributed by atoms with Crippen molar-refractivity contribution in [3.63, 3.8) is 0 Å². The number of nitrogens with zero attached hydrogens (tertiary/aromatic N) is 2. The lowest BCUT2D eigenvalue weighted by Gasteiger charge is -2.05. The van der Waals surface area contributed by atoms with Gasteiger partial charge >= 0.3 is 0 Å². The third-order valence-electron chi connectivity index (χ3n) is 2.27. The fourth-order valence-corrected chi connectivity index (χ4v) is 1.36. The molecular weight excluding hydrogens is 233 g/mol. The van der Waals surface area contributed by atoms with Crippen LogP contribution in [-0.2, 0) is 6.54 Å². The van der Waals surface area contributed by atoms with E-state index >= 15 is 0 Å². The standard InChI is InChI=1S/C13H14FN3O/c1-2-15-7-11-8-17-13(9-16-11)18-12-5-3-10(14)4-6-12/h3-6,8-9,15H,2,7H2,1H3. The molecule has 1 aromatic heterocycles. The van der Waals surface area contributed by atoms with Crippen LogP contribution in [0.15, 0.2) is 36.7 Å². The van der Waals surface area contributed by atoms with E-state index in [2.05, 4.69) is 15.3 Å². The van der Waals surface area contributed by atoms with Crippen molar-refractivity contribution in [1.29, 1.82) is 0 Å². The zero-order chi connectivity index (χ0) is 12.8. The second kappa shape index (κ2) is 6.07. The van der Waals surface area contributed by atoms with E-state index in [1.165, 1.54) is 12.1 Å². The van der Waals surface area contributed by atoms with Gasteiger partial charge in [0.25, 0.3) is 0 Å². The van der Waals surface area contributed by atoms with Crippen LogP contribution in [0.25, 0.3) is 0 Å². The quantitative estimate of drug-likeness (QED) is 0.882. The zero-order valence-electron chi connectivity index (χ0n) is 10.1. The van der Waals surface area contributed by atoms with Crippen molar-refractivity contribution in [2.24, 2.45) is 0 Å². The second-order valence-electron chi connectivity index (χ2n) is 3.68. The summed E-state index contributed by atoms with van der Waals surface area (Å²) in [6.07, 6.45) is 3.21. The van der Waals surface area contributed by atoms with Crippen LogP contribution in [0.2, 0.25) is 0 Å². The van der Waals surface area contributed by atoms with Gasteiger partial charge in [-0.25, -0.2) is 9.37 Å². The van der Waals surface area contributed by atoms with Crippen LogP contribution in [0, 0.1) is 5.82 Å². The first kappa shape index (κ1) is 12.4. The average Bonchev–Trinajstić information content (AvgIpc) is 2.41. The third-order valence-corrected chi connectivity index (χ3v) is 2.27. The van der Waals surface area contributed by atoms with Crippen LogP contribution in [0.4, 0.5) is 4.39 Å². The van der Waals surface area contributed by atoms with Gasteiger partial charge in [0.1, 0.15) is 11.6 Å². The smallest absolute Gasteiger partial charge is 0.237 e. The van der Waals surface area contributed by atoms with Crippen molar-refractivity contribution in [3.05, 3.63) is 48.2 Å². The van der Waals surface area contributed by atoms with Crippen LogP contribution in [-0.4, -0.2) is 16.5 Å². The van der Waals surface area contributed by atoms with Crippen molar-refractivity contribution < 1.29 is 9.13 Å². The van der Waals surface area contributed by atoms with Crippen molar-refractivity contribution in [2.45, 2.75) is 13.5 Å². The van der Waals surface area contributed by atoms with E-state index < -0.39 is 0 Å². The topological polar surface area (TPSA) is 47.0 Å². The minimum Gasteiger partial charge on any atom is -0.438 e. The lowest BCUT2D eigenvalue weighted by molar-refractivity contribution is 0.457. The highest BCUT2D eigenvalue weighted by atomic mass is 19.1. The van der Waals surface area contributed by atoms with Crippen LogP contribution < -0.4 is 10.1 Å². The largest absolute Gasteiger partial charge is 0.438 e. The molecule has 0 aliphatic rings. The van der Waals surface area contributed by atoms with Gasteiger partial charge in [0.05, 0.1) is 18.1 Å². The molecule has 5 heteroatoms. The van der Waals surface area contributed by atoms with Gasteiger partial charge in [-0.2, -0.15) is 0 Å². The highest BCUT2D eigenvalue weighted by Gasteiger charge is 2.00. The Bertz CT molecular complexity index is 485. The lowest BCUT2D eigenvalue weighted by atomic mass is 10.3. The summed E-state index contributed by atoms with van der Waals surface area (Å²) >= 11 is 0. The molecule has 94 valence electrons. The van der Waals surface area contributed by atoms with E-state index in [1.54, 1.807) is 24.5 Å². The van der Waals surface area contributed by atoms with Crippen molar-refractivity contribution >= 4 is 0 Å². The number of ether oxygens (including phenoxy) is 1. The van der Waals surface area contributed by atoms with E-state index in [9.17, 15) is 4.39 Å². The Morgan fingerprint density at radius 1 is 1.17 bits per heavy atom. The first-order chi connectivity index (χ1) is 8.78. The Kier molecular flexibility index (Phi) is 4.20. The summed E-state index contributed by atoms with van der Waals surface area (Å²) in [5.41, 5.74) is 0.850. The van der Waals surface area contributed by atoms with E-state index in [1.807, 2.05) is 6.92 Å². The molecule has 0 atom stereocenters. The molecule has 18 heavy (non-hydrogen) atoms. The van der Waals surface area contributed by atoms with Gasteiger partial charge in [0.15, 0.2) is 0 Å². The molecule has 0 saturated heterocycles. The van der Waals surface area contributed by atoms with Gasteiger partial charge in [-0.15, -0.1) is 0 Å². The predicted molar refractivity (Wildman–Crippen MR) is 65.9 cm³/mol. The SMILES string of the molecule is CCNCc1cnc(Oc2ccc(F)cc2)cn1. The first-order valence-electron chi connectivity index (χ1n) is 5.73. The van der Waals surface area contributed by atoms with E-state index in [0.717, 1.165) is 12.2 Å². The van der Waals surface area contributed by atoms with E-state index in [0.29, 0.717) is 18.2 Å². The molecule has 0 radical (unpaired) electrons. The number of halogens is 1. The maximum absolute atomic E-state index is 12.7. The number of nitrogens with one attached hydrogen (secondary N) is 1. The minimum atomic E-state index is -0.297. The molecule has 0 aliphatic heterocycles. The zero-order valence-corrected chi connectivity index (χ0v) is 10.1. The van der Waals surface area contributed by atoms with Gasteiger partial charge in [-0.1, -0.05) is 6.92 Å². The van der Waals surface area contributed by atoms with Gasteiger partial charge in [0, 0.05) is 6.54 Å². The fourth-order valence-electron chi connectivity index (χ4n) is 1.36. The second-order valence-corrected chi connectivity index (χ2v) is 3.68. The van der Waals surface area contributed by atoms with Gasteiger partial charge in [-0.05, 0) is 30.8 Å². The summed E-state index contributed by atoms with van der Waals surface area (Å²) in [6.45, 7) is 3.59. The first-order valence-corrected chi connectivity index (χ1v) is 5.73. The molecule has 0 saturated carbocycles. The summed E-state index contributed by atoms with van der Waals surface area (Å²) in [4.78, 5) is 8.34. The Morgan fingerprint density at radius 2 is 1.94 bits per heavy atom. The van der Waals surface area contributed by atoms with E-state index in [4.69, 9.17) is 4.74 Å². The molecule has 1 N–H and O–H groups in total. The number of rotatable bonds is 5. The van der Waals surface area contributed by atoms with Crippen LogP contribution >= 0.6 is 0 Å². The Hall–Kier alpha value is -2.01. The molecule has 0 unspecified atom stereocenters. The summed E-state index contributed by atoms with van der Waals surface area (Å²) in [7, 11) is 0. The molecule has 0 amide bonds. The third kappa shape index (κ3) is 3.49. The number of hydrogen-bond donors (Lipinski definition) is 1. The fraction of sp³-hybridized carbons (Fsp3) is 0.231. The Balaban J connectivity index is 1.99. The Labute approximate surface area is 105 Å². The molecule has 0 spiro atoms. The van der Waals surface area contributed by atoms with Gasteiger partial charge in [0.2, 0.25) is 5.88 Å². The molecular formula is C13H14FN3O. The highest BCUT2D eigenvalue weighted by molar-refractivity contribution is 5.26. The molecule has 0 fully saturated rings. The maximum atomic E-state index is 12.7. The molecule has 4 nitrogen and oxygen atoms in total. The van der Waals surface area contributed by atoms with Gasteiger partial charge < -0.3 is 10.1 Å². The van der Waals surface area contributed by atoms with Crippen LogP contribution in [0.3, 0.4) is 0 Å². The summed E-state index contributed by atoms with van der Waals surface area (Å²) < 4.78 is 18.1. The predicted octanol–water partition coefficient (Wildman–Crippen LogP) is 2.52. The molecule has 0 aliphatic carbocycles. The highest BCUT2D eigenvalue weighted by Crippen LogP contribution is 2.18. The monoisotopic (exact) mass is 247 g/mol. The molecule has 2 rings (SSSR count). The molecule has 2 aromatic rings. The lowest BCUT2D eigenvalue weighted by Crippen LogP contribution is -2.13. The Morgan fingerprint density at radius 3 is 2.56 bits per heavy atom. The van der Waals surface area contributed by atoms with Crippen molar-refractivity contribution in [1.82, 2.24) is 15.3 Å². The summed E-state index contributed by atoms with van der Waals surface area (Å²) in [5.74, 6) is 0.626. The summed E-state index contributed by atoms with van der Waals surface area (Å²) in [6, 6.07) is 5.76. The van der Waals surface area contributed by atoms with Crippen molar-refractivity contribution in [2.75, 3.05) is 6.54 Å². The van der Waals surface area contributed by atoms with Gasteiger partial charge in [-0.3, -0.25) is 4.98 Å². The van der Waals surface area contributed by atoms with Crippen LogP contribution in [0.1, 0.15) is 12.6 Å². The minimum absolute atomic E-state index is 0.297. The van der Waals surface area contributed by atoms with E-state index in [-0.39, 0.29) is 5.82 Å². The molecule has 0 bridgehead atoms. The van der Waals surface area contributed by atoms with Crippen molar-refractivity contribution in [3.8, 4) is 11.6 Å². The molecule has 1 aromatic carbocycles. The molecule has 1 heterocycles. The average molecular weight is 247 g/mol. The number of hydrogen-bond acceptors (Lipinski definition) is 4. The number of benzene rings is 1.